The Bertz CT molecular complexity index is 447. The smallest absolute Gasteiger partial charge is 0.251 e. The van der Waals surface area contributed by atoms with Gasteiger partial charge in [-0.2, -0.15) is 0 Å². The molecule has 0 bridgehead atoms. The SMILES string of the molecule is CCCC(NC(=O)c1cc(F)cc(Br)c1)C(N)=S. The van der Waals surface area contributed by atoms with Crippen LogP contribution >= 0.6 is 28.1 Å². The van der Waals surface area contributed by atoms with E-state index in [0.717, 1.165) is 6.42 Å². The molecule has 1 aromatic carbocycles. The lowest BCUT2D eigenvalue weighted by Gasteiger charge is -2.16. The van der Waals surface area contributed by atoms with Gasteiger partial charge in [0.15, 0.2) is 0 Å². The zero-order valence-corrected chi connectivity index (χ0v) is 12.3. The van der Waals surface area contributed by atoms with E-state index in [1.165, 1.54) is 12.1 Å². The lowest BCUT2D eigenvalue weighted by molar-refractivity contribution is 0.0945. The third kappa shape index (κ3) is 4.34. The number of halogens is 2. The van der Waals surface area contributed by atoms with Crippen LogP contribution in [0.15, 0.2) is 22.7 Å². The van der Waals surface area contributed by atoms with Crippen molar-refractivity contribution in [2.45, 2.75) is 25.8 Å². The summed E-state index contributed by atoms with van der Waals surface area (Å²) in [6.45, 7) is 1.97. The number of nitrogens with two attached hydrogens (primary N) is 1. The Morgan fingerprint density at radius 2 is 2.22 bits per heavy atom. The molecular formula is C12H14BrFN2OS. The van der Waals surface area contributed by atoms with E-state index < -0.39 is 5.82 Å². The predicted molar refractivity (Wildman–Crippen MR) is 77.0 cm³/mol. The first kappa shape index (κ1) is 15.0. The summed E-state index contributed by atoms with van der Waals surface area (Å²) < 4.78 is 13.7. The summed E-state index contributed by atoms with van der Waals surface area (Å²) in [7, 11) is 0. The van der Waals surface area contributed by atoms with E-state index >= 15 is 0 Å². The highest BCUT2D eigenvalue weighted by Gasteiger charge is 2.16. The largest absolute Gasteiger partial charge is 0.392 e. The summed E-state index contributed by atoms with van der Waals surface area (Å²) in [6, 6.07) is 3.64. The number of rotatable bonds is 5. The Morgan fingerprint density at radius 1 is 1.56 bits per heavy atom. The quantitative estimate of drug-likeness (QED) is 0.815. The van der Waals surface area contributed by atoms with Gasteiger partial charge in [0, 0.05) is 10.0 Å². The molecule has 0 spiro atoms. The van der Waals surface area contributed by atoms with Crippen molar-refractivity contribution in [1.82, 2.24) is 5.32 Å². The van der Waals surface area contributed by atoms with E-state index in [4.69, 9.17) is 18.0 Å². The van der Waals surface area contributed by atoms with Gasteiger partial charge in [0.25, 0.3) is 5.91 Å². The van der Waals surface area contributed by atoms with Crippen LogP contribution in [-0.2, 0) is 0 Å². The van der Waals surface area contributed by atoms with Crippen LogP contribution in [0.4, 0.5) is 4.39 Å². The minimum Gasteiger partial charge on any atom is -0.392 e. The number of hydrogen-bond acceptors (Lipinski definition) is 2. The number of hydrogen-bond donors (Lipinski definition) is 2. The monoisotopic (exact) mass is 332 g/mol. The number of carbonyl (C=O) groups excluding carboxylic acids is 1. The molecule has 0 aliphatic rings. The van der Waals surface area contributed by atoms with Crippen LogP contribution in [0.5, 0.6) is 0 Å². The molecule has 18 heavy (non-hydrogen) atoms. The average molecular weight is 333 g/mol. The van der Waals surface area contributed by atoms with E-state index in [1.807, 2.05) is 6.92 Å². The van der Waals surface area contributed by atoms with Crippen molar-refractivity contribution in [3.05, 3.63) is 34.1 Å². The standard InChI is InChI=1S/C12H14BrFN2OS/c1-2-3-10(11(15)18)16-12(17)7-4-8(13)6-9(14)5-7/h4-6,10H,2-3H2,1H3,(H2,15,18)(H,16,17). The minimum absolute atomic E-state index is 0.235. The molecule has 3 nitrogen and oxygen atoms in total. The number of thiocarbonyl (C=S) groups is 1. The van der Waals surface area contributed by atoms with Crippen LogP contribution in [0.1, 0.15) is 30.1 Å². The molecule has 1 aromatic rings. The van der Waals surface area contributed by atoms with Crippen LogP contribution in [0.3, 0.4) is 0 Å². The van der Waals surface area contributed by atoms with Crippen molar-refractivity contribution in [2.75, 3.05) is 0 Å². The summed E-state index contributed by atoms with van der Waals surface area (Å²) in [6.07, 6.45) is 1.51. The average Bonchev–Trinajstić information content (AvgIpc) is 2.26. The van der Waals surface area contributed by atoms with Crippen molar-refractivity contribution < 1.29 is 9.18 Å². The molecule has 0 fully saturated rings. The third-order valence-electron chi connectivity index (χ3n) is 2.35. The number of nitrogens with one attached hydrogen (secondary N) is 1. The summed E-state index contributed by atoms with van der Waals surface area (Å²) in [5.41, 5.74) is 5.78. The summed E-state index contributed by atoms with van der Waals surface area (Å²) in [4.78, 5) is 12.2. The lowest BCUT2D eigenvalue weighted by atomic mass is 10.1. The maximum absolute atomic E-state index is 13.2. The molecule has 1 unspecified atom stereocenters. The Morgan fingerprint density at radius 3 is 2.72 bits per heavy atom. The molecule has 98 valence electrons. The Kier molecular flexibility index (Phi) is 5.68. The number of carbonyl (C=O) groups is 1. The van der Waals surface area contributed by atoms with E-state index in [9.17, 15) is 9.18 Å². The van der Waals surface area contributed by atoms with Crippen LogP contribution in [-0.4, -0.2) is 16.9 Å². The topological polar surface area (TPSA) is 55.1 Å². The first-order valence-electron chi connectivity index (χ1n) is 5.50. The molecule has 0 heterocycles. The number of benzene rings is 1. The molecule has 1 amide bonds. The minimum atomic E-state index is -0.475. The van der Waals surface area contributed by atoms with Gasteiger partial charge in [-0.05, 0) is 24.6 Å². The first-order chi connectivity index (χ1) is 8.43. The molecule has 0 radical (unpaired) electrons. The fourth-order valence-electron chi connectivity index (χ4n) is 1.50. The van der Waals surface area contributed by atoms with Crippen molar-refractivity contribution in [2.24, 2.45) is 5.73 Å². The second-order valence-electron chi connectivity index (χ2n) is 3.88. The Labute approximate surface area is 119 Å². The molecule has 6 heteroatoms. The second kappa shape index (κ2) is 6.80. The van der Waals surface area contributed by atoms with Crippen LogP contribution in [0.25, 0.3) is 0 Å². The highest BCUT2D eigenvalue weighted by atomic mass is 79.9. The normalized spacial score (nSPS) is 11.9. The number of amides is 1. The zero-order chi connectivity index (χ0) is 13.7. The van der Waals surface area contributed by atoms with Gasteiger partial charge in [0.2, 0.25) is 0 Å². The van der Waals surface area contributed by atoms with Crippen molar-refractivity contribution in [3.63, 3.8) is 0 Å². The zero-order valence-electron chi connectivity index (χ0n) is 9.87. The van der Waals surface area contributed by atoms with Gasteiger partial charge >= 0.3 is 0 Å². The Balaban J connectivity index is 2.83. The maximum atomic E-state index is 13.2. The third-order valence-corrected chi connectivity index (χ3v) is 3.09. The van der Waals surface area contributed by atoms with Gasteiger partial charge in [-0.15, -0.1) is 0 Å². The summed E-state index contributed by atoms with van der Waals surface area (Å²) in [5, 5.41) is 2.70. The summed E-state index contributed by atoms with van der Waals surface area (Å²) in [5.74, 6) is -0.863. The van der Waals surface area contributed by atoms with E-state index in [2.05, 4.69) is 21.2 Å². The molecule has 0 saturated carbocycles. The van der Waals surface area contributed by atoms with Crippen molar-refractivity contribution >= 4 is 39.0 Å². The van der Waals surface area contributed by atoms with Gasteiger partial charge in [-0.3, -0.25) is 4.79 Å². The predicted octanol–water partition coefficient (Wildman–Crippen LogP) is 2.77. The highest BCUT2D eigenvalue weighted by Crippen LogP contribution is 2.15. The summed E-state index contributed by atoms with van der Waals surface area (Å²) >= 11 is 8.02. The van der Waals surface area contributed by atoms with Gasteiger partial charge < -0.3 is 11.1 Å². The van der Waals surface area contributed by atoms with Gasteiger partial charge in [-0.25, -0.2) is 4.39 Å². The molecule has 0 saturated heterocycles. The van der Waals surface area contributed by atoms with E-state index in [-0.39, 0.29) is 22.5 Å². The molecule has 3 N–H and O–H groups in total. The van der Waals surface area contributed by atoms with Crippen LogP contribution < -0.4 is 11.1 Å². The van der Waals surface area contributed by atoms with E-state index in [0.29, 0.717) is 10.9 Å². The molecule has 0 aliphatic heterocycles. The fourth-order valence-corrected chi connectivity index (χ4v) is 2.14. The highest BCUT2D eigenvalue weighted by molar-refractivity contribution is 9.10. The molecular weight excluding hydrogens is 319 g/mol. The van der Waals surface area contributed by atoms with Gasteiger partial charge in [0.05, 0.1) is 11.0 Å². The van der Waals surface area contributed by atoms with Gasteiger partial charge in [0.1, 0.15) is 5.82 Å². The molecule has 1 atom stereocenters. The van der Waals surface area contributed by atoms with Crippen molar-refractivity contribution in [1.29, 1.82) is 0 Å². The second-order valence-corrected chi connectivity index (χ2v) is 5.26. The molecule has 0 aromatic heterocycles. The van der Waals surface area contributed by atoms with Crippen LogP contribution in [0.2, 0.25) is 0 Å². The van der Waals surface area contributed by atoms with E-state index in [1.54, 1.807) is 6.07 Å². The molecule has 1 rings (SSSR count). The van der Waals surface area contributed by atoms with Crippen molar-refractivity contribution in [3.8, 4) is 0 Å². The fraction of sp³-hybridized carbons (Fsp3) is 0.333. The first-order valence-corrected chi connectivity index (χ1v) is 6.70. The lowest BCUT2D eigenvalue weighted by Crippen LogP contribution is -2.43. The Hall–Kier alpha value is -1.01. The molecule has 0 aliphatic carbocycles. The van der Waals surface area contributed by atoms with Crippen LogP contribution in [0, 0.1) is 5.82 Å². The van der Waals surface area contributed by atoms with Gasteiger partial charge in [-0.1, -0.05) is 41.5 Å². The maximum Gasteiger partial charge on any atom is 0.251 e.